The van der Waals surface area contributed by atoms with Gasteiger partial charge in [0.25, 0.3) is 0 Å². The topological polar surface area (TPSA) is 46.8 Å². The van der Waals surface area contributed by atoms with E-state index in [0.717, 1.165) is 67.4 Å². The van der Waals surface area contributed by atoms with Crippen LogP contribution in [-0.4, -0.2) is 19.7 Å². The summed E-state index contributed by atoms with van der Waals surface area (Å²) in [4.78, 5) is 11.5. The van der Waals surface area contributed by atoms with Gasteiger partial charge in [-0.25, -0.2) is 4.68 Å². The molecule has 0 unspecified atom stereocenters. The Morgan fingerprint density at radius 1 is 0.476 bits per heavy atom. The molecule has 1 aliphatic rings. The van der Waals surface area contributed by atoms with Gasteiger partial charge in [-0.15, -0.1) is 0 Å². The first-order valence-corrected chi connectivity index (χ1v) is 13.9. The molecule has 8 rings (SSSR count). The first-order chi connectivity index (χ1) is 20.8. The summed E-state index contributed by atoms with van der Waals surface area (Å²) in [6.07, 6.45) is 9.69. The summed E-state index contributed by atoms with van der Waals surface area (Å²) in [5.41, 5.74) is 12.9. The zero-order valence-corrected chi connectivity index (χ0v) is 22.7. The van der Waals surface area contributed by atoms with Crippen LogP contribution in [0.25, 0.3) is 50.3 Å². The number of pyridine rings is 2. The Hall–Kier alpha value is -5.81. The van der Waals surface area contributed by atoms with E-state index in [4.69, 9.17) is 5.10 Å². The number of nitrogens with zero attached hydrogens (tertiary/aromatic N) is 5. The third-order valence-corrected chi connectivity index (χ3v) is 7.79. The highest BCUT2D eigenvalue weighted by atomic mass is 15.3. The van der Waals surface area contributed by atoms with Crippen LogP contribution < -0.4 is 4.90 Å². The minimum Gasteiger partial charge on any atom is -0.309 e. The fourth-order valence-electron chi connectivity index (χ4n) is 5.81. The molecule has 198 valence electrons. The highest BCUT2D eigenvalue weighted by Gasteiger charge is 2.27. The van der Waals surface area contributed by atoms with Crippen LogP contribution in [0.4, 0.5) is 17.1 Å². The van der Waals surface area contributed by atoms with Crippen LogP contribution in [0.2, 0.25) is 0 Å². The Balaban J connectivity index is 1.35. The lowest BCUT2D eigenvalue weighted by Crippen LogP contribution is -2.12. The van der Waals surface area contributed by atoms with E-state index in [1.165, 1.54) is 0 Å². The molecule has 0 N–H and O–H groups in total. The predicted molar refractivity (Wildman–Crippen MR) is 169 cm³/mol. The van der Waals surface area contributed by atoms with Crippen molar-refractivity contribution in [1.29, 1.82) is 0 Å². The molecule has 0 spiro atoms. The number of para-hydroxylation sites is 1. The maximum atomic E-state index is 4.76. The largest absolute Gasteiger partial charge is 0.309 e. The molecule has 0 saturated heterocycles. The predicted octanol–water partition coefficient (Wildman–Crippen LogP) is 9.11. The Kier molecular flexibility index (Phi) is 5.71. The molecule has 5 nitrogen and oxygen atoms in total. The second-order valence-corrected chi connectivity index (χ2v) is 10.3. The quantitative estimate of drug-likeness (QED) is 0.224. The van der Waals surface area contributed by atoms with Crippen molar-refractivity contribution in [1.82, 2.24) is 19.7 Å². The van der Waals surface area contributed by atoms with Crippen LogP contribution in [0, 0.1) is 0 Å². The average Bonchev–Trinajstić information content (AvgIpc) is 3.53. The lowest BCUT2D eigenvalue weighted by atomic mass is 9.96. The van der Waals surface area contributed by atoms with E-state index < -0.39 is 0 Å². The van der Waals surface area contributed by atoms with E-state index >= 15 is 0 Å². The SMILES string of the molecule is c1ccc(-c2cnn(-c3ccc4c(c3)N(c3cccc(-c5ccccn5)c3)c3ccccc3-c3cnccc3-4)c2)cc1. The first kappa shape index (κ1) is 24.0. The van der Waals surface area contributed by atoms with Gasteiger partial charge in [0.05, 0.1) is 29.0 Å². The smallest absolute Gasteiger partial charge is 0.0702 e. The minimum absolute atomic E-state index is 0.939. The molecule has 0 bridgehead atoms. The van der Waals surface area contributed by atoms with Gasteiger partial charge in [0.1, 0.15) is 0 Å². The Bertz CT molecular complexity index is 2050. The highest BCUT2D eigenvalue weighted by Crippen LogP contribution is 2.51. The number of aromatic nitrogens is 4. The molecule has 5 heteroatoms. The van der Waals surface area contributed by atoms with E-state index in [1.54, 1.807) is 0 Å². The van der Waals surface area contributed by atoms with Crippen molar-refractivity contribution < 1.29 is 0 Å². The standard InChI is InChI=1S/C37H25N5/c1-2-9-26(10-3-1)28-23-40-41(25-28)29-16-17-33-31-18-20-38-24-34(31)32-13-4-5-15-36(32)42(37(33)22-29)30-12-8-11-27(21-30)35-14-6-7-19-39-35/h1-25H. The van der Waals surface area contributed by atoms with E-state index in [1.807, 2.05) is 53.7 Å². The third kappa shape index (κ3) is 4.07. The van der Waals surface area contributed by atoms with Gasteiger partial charge in [-0.3, -0.25) is 9.97 Å². The molecule has 0 saturated carbocycles. The minimum atomic E-state index is 0.939. The molecule has 4 heterocycles. The van der Waals surface area contributed by atoms with E-state index in [2.05, 4.69) is 118 Å². The van der Waals surface area contributed by atoms with Crippen molar-refractivity contribution in [2.75, 3.05) is 4.90 Å². The molecular formula is C37H25N5. The van der Waals surface area contributed by atoms with Gasteiger partial charge in [0.2, 0.25) is 0 Å². The molecule has 3 aromatic heterocycles. The molecule has 4 aromatic carbocycles. The van der Waals surface area contributed by atoms with Gasteiger partial charge >= 0.3 is 0 Å². The lowest BCUT2D eigenvalue weighted by Gasteiger charge is -2.28. The fraction of sp³-hybridized carbons (Fsp3) is 0. The molecule has 1 aliphatic heterocycles. The summed E-state index contributed by atoms with van der Waals surface area (Å²) in [5, 5.41) is 4.76. The van der Waals surface area contributed by atoms with Crippen LogP contribution in [0.5, 0.6) is 0 Å². The van der Waals surface area contributed by atoms with Crippen molar-refractivity contribution >= 4 is 17.1 Å². The van der Waals surface area contributed by atoms with Crippen molar-refractivity contribution in [3.8, 4) is 50.3 Å². The number of hydrogen-bond acceptors (Lipinski definition) is 4. The fourth-order valence-corrected chi connectivity index (χ4v) is 5.81. The Labute approximate surface area is 244 Å². The number of fused-ring (bicyclic) bond motifs is 5. The Morgan fingerprint density at radius 3 is 2.21 bits per heavy atom. The molecular weight excluding hydrogens is 514 g/mol. The van der Waals surface area contributed by atoms with Crippen molar-refractivity contribution in [2.45, 2.75) is 0 Å². The van der Waals surface area contributed by atoms with E-state index in [0.29, 0.717) is 0 Å². The van der Waals surface area contributed by atoms with Crippen molar-refractivity contribution in [3.05, 3.63) is 152 Å². The highest BCUT2D eigenvalue weighted by molar-refractivity contribution is 6.02. The molecule has 7 aromatic rings. The second kappa shape index (κ2) is 9.98. The molecule has 0 atom stereocenters. The normalized spacial score (nSPS) is 11.8. The third-order valence-electron chi connectivity index (χ3n) is 7.79. The van der Waals surface area contributed by atoms with Gasteiger partial charge in [-0.05, 0) is 59.7 Å². The summed E-state index contributed by atoms with van der Waals surface area (Å²) in [7, 11) is 0. The van der Waals surface area contributed by atoms with Gasteiger partial charge in [0.15, 0.2) is 0 Å². The summed E-state index contributed by atoms with van der Waals surface area (Å²) in [6.45, 7) is 0. The maximum Gasteiger partial charge on any atom is 0.0702 e. The molecule has 0 amide bonds. The zero-order valence-electron chi connectivity index (χ0n) is 22.7. The first-order valence-electron chi connectivity index (χ1n) is 13.9. The average molecular weight is 540 g/mol. The van der Waals surface area contributed by atoms with Crippen LogP contribution >= 0.6 is 0 Å². The van der Waals surface area contributed by atoms with Gasteiger partial charge in [0, 0.05) is 58.3 Å². The molecule has 0 fully saturated rings. The summed E-state index contributed by atoms with van der Waals surface area (Å²) < 4.78 is 1.95. The van der Waals surface area contributed by atoms with Crippen LogP contribution in [0.3, 0.4) is 0 Å². The van der Waals surface area contributed by atoms with Crippen molar-refractivity contribution in [3.63, 3.8) is 0 Å². The number of hydrogen-bond donors (Lipinski definition) is 0. The maximum absolute atomic E-state index is 4.76. The molecule has 42 heavy (non-hydrogen) atoms. The second-order valence-electron chi connectivity index (χ2n) is 10.3. The summed E-state index contributed by atoms with van der Waals surface area (Å²) in [6, 6.07) is 42.2. The number of benzene rings is 4. The lowest BCUT2D eigenvalue weighted by molar-refractivity contribution is 0.880. The van der Waals surface area contributed by atoms with E-state index in [9.17, 15) is 0 Å². The molecule has 0 aliphatic carbocycles. The molecule has 0 radical (unpaired) electrons. The van der Waals surface area contributed by atoms with Gasteiger partial charge in [-0.1, -0.05) is 72.8 Å². The van der Waals surface area contributed by atoms with Crippen molar-refractivity contribution in [2.24, 2.45) is 0 Å². The summed E-state index contributed by atoms with van der Waals surface area (Å²) in [5.74, 6) is 0. The zero-order chi connectivity index (χ0) is 27.9. The summed E-state index contributed by atoms with van der Waals surface area (Å²) >= 11 is 0. The van der Waals surface area contributed by atoms with Crippen LogP contribution in [-0.2, 0) is 0 Å². The number of anilines is 3. The van der Waals surface area contributed by atoms with Crippen LogP contribution in [0.1, 0.15) is 0 Å². The van der Waals surface area contributed by atoms with Gasteiger partial charge in [-0.2, -0.15) is 5.10 Å². The van der Waals surface area contributed by atoms with Crippen LogP contribution in [0.15, 0.2) is 152 Å². The Morgan fingerprint density at radius 2 is 1.31 bits per heavy atom. The number of rotatable bonds is 4. The van der Waals surface area contributed by atoms with Gasteiger partial charge < -0.3 is 4.90 Å². The monoisotopic (exact) mass is 539 g/mol. The van der Waals surface area contributed by atoms with E-state index in [-0.39, 0.29) is 0 Å².